The van der Waals surface area contributed by atoms with E-state index in [1.807, 2.05) is 41.0 Å². The van der Waals surface area contributed by atoms with Gasteiger partial charge in [-0.2, -0.15) is 0 Å². The zero-order valence-corrected chi connectivity index (χ0v) is 14.8. The lowest BCUT2D eigenvalue weighted by atomic mass is 10.2. The molecule has 3 aromatic rings. The van der Waals surface area contributed by atoms with Gasteiger partial charge in [0.25, 0.3) is 0 Å². The Bertz CT molecular complexity index is 850. The van der Waals surface area contributed by atoms with E-state index in [0.29, 0.717) is 19.5 Å². The number of imidazole rings is 1. The van der Waals surface area contributed by atoms with Gasteiger partial charge < -0.3 is 14.3 Å². The average Bonchev–Trinajstić information content (AvgIpc) is 3.42. The van der Waals surface area contributed by atoms with E-state index in [0.717, 1.165) is 29.9 Å². The van der Waals surface area contributed by atoms with Gasteiger partial charge >= 0.3 is 0 Å². The predicted octanol–water partition coefficient (Wildman–Crippen LogP) is 2.97. The van der Waals surface area contributed by atoms with Crippen molar-refractivity contribution in [1.82, 2.24) is 19.8 Å². The molecule has 2 aromatic heterocycles. The number of aromatic nitrogens is 2. The molecular weight excluding hydrogens is 328 g/mol. The maximum absolute atomic E-state index is 12.4. The molecule has 1 unspecified atom stereocenters. The smallest absolute Gasteiger partial charge is 0.221 e. The quantitative estimate of drug-likeness (QED) is 0.710. The molecule has 0 bridgehead atoms. The lowest BCUT2D eigenvalue weighted by molar-refractivity contribution is -0.121. The van der Waals surface area contributed by atoms with E-state index in [1.54, 1.807) is 12.6 Å². The van der Waals surface area contributed by atoms with Gasteiger partial charge in [-0.15, -0.1) is 0 Å². The number of rotatable bonds is 7. The van der Waals surface area contributed by atoms with Gasteiger partial charge in [0.15, 0.2) is 0 Å². The van der Waals surface area contributed by atoms with Crippen LogP contribution in [0.1, 0.15) is 31.1 Å². The van der Waals surface area contributed by atoms with Crippen molar-refractivity contribution in [1.29, 1.82) is 0 Å². The Hall–Kier alpha value is -2.60. The predicted molar refractivity (Wildman–Crippen MR) is 99.6 cm³/mol. The summed E-state index contributed by atoms with van der Waals surface area (Å²) in [6, 6.07) is 12.0. The number of carbonyl (C=O) groups excluding carboxylic acids is 1. The van der Waals surface area contributed by atoms with Crippen LogP contribution < -0.4 is 5.32 Å². The minimum absolute atomic E-state index is 0.0542. The molecule has 0 saturated carbocycles. The highest BCUT2D eigenvalue weighted by Gasteiger charge is 2.25. The number of nitrogens with zero attached hydrogens (tertiary/aromatic N) is 3. The van der Waals surface area contributed by atoms with Gasteiger partial charge in [-0.3, -0.25) is 9.69 Å². The van der Waals surface area contributed by atoms with Gasteiger partial charge in [-0.25, -0.2) is 4.98 Å². The molecule has 136 valence electrons. The SMILES string of the molecule is O=C(CCn1cnc2ccccc21)NCC(c1ccco1)N1CCCC1. The summed E-state index contributed by atoms with van der Waals surface area (Å²) >= 11 is 0. The van der Waals surface area contributed by atoms with E-state index in [9.17, 15) is 4.79 Å². The summed E-state index contributed by atoms with van der Waals surface area (Å²) in [6.45, 7) is 3.32. The van der Waals surface area contributed by atoms with Crippen LogP contribution in [-0.2, 0) is 11.3 Å². The molecule has 26 heavy (non-hydrogen) atoms. The molecule has 0 radical (unpaired) electrons. The molecule has 1 saturated heterocycles. The number of hydrogen-bond donors (Lipinski definition) is 1. The Balaban J connectivity index is 1.33. The Morgan fingerprint density at radius 3 is 2.85 bits per heavy atom. The maximum Gasteiger partial charge on any atom is 0.221 e. The molecule has 1 amide bonds. The average molecular weight is 352 g/mol. The van der Waals surface area contributed by atoms with Crippen LogP contribution in [0.25, 0.3) is 11.0 Å². The number of amides is 1. The van der Waals surface area contributed by atoms with Crippen molar-refractivity contribution < 1.29 is 9.21 Å². The molecule has 1 aromatic carbocycles. The summed E-state index contributed by atoms with van der Waals surface area (Å²) in [5.41, 5.74) is 2.02. The molecule has 3 heterocycles. The second-order valence-corrected chi connectivity index (χ2v) is 6.76. The zero-order valence-electron chi connectivity index (χ0n) is 14.8. The summed E-state index contributed by atoms with van der Waals surface area (Å²) in [5.74, 6) is 0.978. The Labute approximate surface area is 152 Å². The third-order valence-corrected chi connectivity index (χ3v) is 5.05. The van der Waals surface area contributed by atoms with E-state index < -0.39 is 0 Å². The summed E-state index contributed by atoms with van der Waals surface area (Å²) in [7, 11) is 0. The molecule has 0 spiro atoms. The molecular formula is C20H24N4O2. The first-order valence-electron chi connectivity index (χ1n) is 9.25. The number of hydrogen-bond acceptors (Lipinski definition) is 4. The molecule has 1 aliphatic rings. The van der Waals surface area contributed by atoms with Gasteiger partial charge in [0.05, 0.1) is 29.7 Å². The lowest BCUT2D eigenvalue weighted by Crippen LogP contribution is -2.36. The van der Waals surface area contributed by atoms with Crippen molar-refractivity contribution in [3.05, 3.63) is 54.7 Å². The van der Waals surface area contributed by atoms with Gasteiger partial charge in [0, 0.05) is 19.5 Å². The molecule has 1 aliphatic heterocycles. The number of furan rings is 1. The van der Waals surface area contributed by atoms with E-state index >= 15 is 0 Å². The van der Waals surface area contributed by atoms with Crippen molar-refractivity contribution in [3.8, 4) is 0 Å². The molecule has 1 N–H and O–H groups in total. The van der Waals surface area contributed by atoms with E-state index in [4.69, 9.17) is 4.42 Å². The van der Waals surface area contributed by atoms with Crippen molar-refractivity contribution in [3.63, 3.8) is 0 Å². The second-order valence-electron chi connectivity index (χ2n) is 6.76. The third-order valence-electron chi connectivity index (χ3n) is 5.05. The topological polar surface area (TPSA) is 63.3 Å². The Morgan fingerprint density at radius 1 is 1.19 bits per heavy atom. The molecule has 6 nitrogen and oxygen atoms in total. The molecule has 1 atom stereocenters. The van der Waals surface area contributed by atoms with E-state index in [2.05, 4.69) is 15.2 Å². The van der Waals surface area contributed by atoms with Crippen LogP contribution in [0.3, 0.4) is 0 Å². The van der Waals surface area contributed by atoms with Crippen molar-refractivity contribution >= 4 is 16.9 Å². The van der Waals surface area contributed by atoms with Gasteiger partial charge in [0.1, 0.15) is 5.76 Å². The number of likely N-dealkylation sites (tertiary alicyclic amines) is 1. The molecule has 0 aliphatic carbocycles. The van der Waals surface area contributed by atoms with Crippen LogP contribution in [0.5, 0.6) is 0 Å². The van der Waals surface area contributed by atoms with Crippen molar-refractivity contribution in [2.45, 2.75) is 31.8 Å². The molecule has 1 fully saturated rings. The highest BCUT2D eigenvalue weighted by molar-refractivity contribution is 5.77. The van der Waals surface area contributed by atoms with Crippen LogP contribution in [0, 0.1) is 0 Å². The number of nitrogens with one attached hydrogen (secondary N) is 1. The fourth-order valence-corrected chi connectivity index (χ4v) is 3.65. The van der Waals surface area contributed by atoms with Crippen LogP contribution in [0.2, 0.25) is 0 Å². The molecule has 4 rings (SSSR count). The van der Waals surface area contributed by atoms with Crippen LogP contribution in [0.15, 0.2) is 53.4 Å². The lowest BCUT2D eigenvalue weighted by Gasteiger charge is -2.26. The summed E-state index contributed by atoms with van der Waals surface area (Å²) in [4.78, 5) is 19.1. The highest BCUT2D eigenvalue weighted by Crippen LogP contribution is 2.24. The van der Waals surface area contributed by atoms with Gasteiger partial charge in [-0.1, -0.05) is 12.1 Å². The number of fused-ring (bicyclic) bond motifs is 1. The third kappa shape index (κ3) is 3.65. The number of aryl methyl sites for hydroxylation is 1. The minimum atomic E-state index is 0.0542. The summed E-state index contributed by atoms with van der Waals surface area (Å²) < 4.78 is 7.63. The normalized spacial score (nSPS) is 16.2. The van der Waals surface area contributed by atoms with Gasteiger partial charge in [-0.05, 0) is 50.2 Å². The van der Waals surface area contributed by atoms with E-state index in [1.165, 1.54) is 12.8 Å². The Morgan fingerprint density at radius 2 is 2.04 bits per heavy atom. The summed E-state index contributed by atoms with van der Waals surface area (Å²) in [5, 5.41) is 3.08. The summed E-state index contributed by atoms with van der Waals surface area (Å²) in [6.07, 6.45) is 6.35. The minimum Gasteiger partial charge on any atom is -0.468 e. The number of para-hydroxylation sites is 2. The fourth-order valence-electron chi connectivity index (χ4n) is 3.65. The standard InChI is InChI=1S/C20H24N4O2/c25-20(9-12-24-15-22-16-6-1-2-7-17(16)24)21-14-18(19-8-5-13-26-19)23-10-3-4-11-23/h1-2,5-8,13,15,18H,3-4,9-12,14H2,(H,21,25). The van der Waals surface area contributed by atoms with Crippen LogP contribution in [-0.4, -0.2) is 40.0 Å². The first-order chi connectivity index (χ1) is 12.8. The number of carbonyl (C=O) groups is 1. The van der Waals surface area contributed by atoms with Crippen LogP contribution in [0.4, 0.5) is 0 Å². The first-order valence-corrected chi connectivity index (χ1v) is 9.25. The Kier molecular flexibility index (Phi) is 5.02. The number of benzene rings is 1. The largest absolute Gasteiger partial charge is 0.468 e. The maximum atomic E-state index is 12.4. The van der Waals surface area contributed by atoms with E-state index in [-0.39, 0.29) is 11.9 Å². The second kappa shape index (κ2) is 7.74. The first kappa shape index (κ1) is 16.8. The van der Waals surface area contributed by atoms with Gasteiger partial charge in [0.2, 0.25) is 5.91 Å². The zero-order chi connectivity index (χ0) is 17.8. The van der Waals surface area contributed by atoms with Crippen molar-refractivity contribution in [2.24, 2.45) is 0 Å². The highest BCUT2D eigenvalue weighted by atomic mass is 16.3. The molecule has 6 heteroatoms. The van der Waals surface area contributed by atoms with Crippen molar-refractivity contribution in [2.75, 3.05) is 19.6 Å². The van der Waals surface area contributed by atoms with Crippen LogP contribution >= 0.6 is 0 Å². The monoisotopic (exact) mass is 352 g/mol. The fraction of sp³-hybridized carbons (Fsp3) is 0.400.